The van der Waals surface area contributed by atoms with E-state index in [0.717, 1.165) is 41.2 Å². The van der Waals surface area contributed by atoms with Crippen molar-refractivity contribution in [2.45, 2.75) is 19.9 Å². The number of hydrogen-bond acceptors (Lipinski definition) is 3. The van der Waals surface area contributed by atoms with Gasteiger partial charge in [-0.15, -0.1) is 0 Å². The van der Waals surface area contributed by atoms with Crippen molar-refractivity contribution in [3.8, 4) is 17.0 Å². The van der Waals surface area contributed by atoms with Gasteiger partial charge in [0.1, 0.15) is 5.75 Å². The minimum Gasteiger partial charge on any atom is -0.497 e. The van der Waals surface area contributed by atoms with E-state index < -0.39 is 0 Å². The van der Waals surface area contributed by atoms with E-state index in [9.17, 15) is 4.79 Å². The fraction of sp³-hybridized carbons (Fsp3) is 0.333. The topological polar surface area (TPSA) is 58.2 Å². The molecule has 0 bridgehead atoms. The molecule has 0 saturated heterocycles. The van der Waals surface area contributed by atoms with Gasteiger partial charge in [-0.2, -0.15) is 5.10 Å². The number of ether oxygens (including phenoxy) is 1. The van der Waals surface area contributed by atoms with E-state index >= 15 is 0 Å². The molecule has 20 heavy (non-hydrogen) atoms. The maximum atomic E-state index is 11.6. The fourth-order valence-corrected chi connectivity index (χ4v) is 2.57. The monoisotopic (exact) mass is 271 g/mol. The second-order valence-electron chi connectivity index (χ2n) is 4.95. The van der Waals surface area contributed by atoms with Crippen LogP contribution in [-0.2, 0) is 17.8 Å². The number of hydrogen-bond donors (Lipinski definition) is 1. The van der Waals surface area contributed by atoms with Gasteiger partial charge in [-0.3, -0.25) is 9.89 Å². The zero-order valence-electron chi connectivity index (χ0n) is 11.6. The predicted molar refractivity (Wildman–Crippen MR) is 75.4 cm³/mol. The molecule has 3 rings (SSSR count). The Kier molecular flexibility index (Phi) is 3.18. The molecule has 1 aromatic carbocycles. The first-order chi connectivity index (χ1) is 9.69. The summed E-state index contributed by atoms with van der Waals surface area (Å²) in [5, 5.41) is 7.51. The average molecular weight is 271 g/mol. The van der Waals surface area contributed by atoms with E-state index in [1.165, 1.54) is 0 Å². The predicted octanol–water partition coefficient (Wildman–Crippen LogP) is 1.99. The van der Waals surface area contributed by atoms with Gasteiger partial charge in [0.15, 0.2) is 0 Å². The molecule has 0 saturated carbocycles. The lowest BCUT2D eigenvalue weighted by Crippen LogP contribution is -2.34. The summed E-state index contributed by atoms with van der Waals surface area (Å²) in [7, 11) is 1.65. The van der Waals surface area contributed by atoms with Gasteiger partial charge in [0.2, 0.25) is 5.91 Å². The molecular weight excluding hydrogens is 254 g/mol. The van der Waals surface area contributed by atoms with Crippen molar-refractivity contribution < 1.29 is 9.53 Å². The first-order valence-electron chi connectivity index (χ1n) is 6.65. The molecule has 0 spiro atoms. The zero-order valence-corrected chi connectivity index (χ0v) is 11.6. The van der Waals surface area contributed by atoms with Crippen LogP contribution in [0.4, 0.5) is 0 Å². The lowest BCUT2D eigenvalue weighted by atomic mass is 10.0. The highest BCUT2D eigenvalue weighted by atomic mass is 16.5. The van der Waals surface area contributed by atoms with Crippen LogP contribution in [0.5, 0.6) is 5.75 Å². The third-order valence-corrected chi connectivity index (χ3v) is 3.72. The van der Waals surface area contributed by atoms with Crippen LogP contribution in [0, 0.1) is 0 Å². The molecule has 5 nitrogen and oxygen atoms in total. The minimum absolute atomic E-state index is 0.105. The standard InChI is InChI=1S/C15H17N3O2/c1-10(19)18-7-6-14-13(9-18)15(17-16-14)11-4-3-5-12(8-11)20-2/h3-5,8H,6-7,9H2,1-2H3,(H,16,17). The molecule has 0 radical (unpaired) electrons. The first kappa shape index (κ1) is 12.7. The van der Waals surface area contributed by atoms with Gasteiger partial charge in [0.05, 0.1) is 12.8 Å². The summed E-state index contributed by atoms with van der Waals surface area (Å²) >= 11 is 0. The van der Waals surface area contributed by atoms with Gasteiger partial charge in [0.25, 0.3) is 0 Å². The van der Waals surface area contributed by atoms with Crippen molar-refractivity contribution in [1.82, 2.24) is 15.1 Å². The number of aromatic amines is 1. The summed E-state index contributed by atoms with van der Waals surface area (Å²) < 4.78 is 5.25. The summed E-state index contributed by atoms with van der Waals surface area (Å²) in [4.78, 5) is 13.4. The van der Waals surface area contributed by atoms with Gasteiger partial charge in [-0.1, -0.05) is 12.1 Å². The van der Waals surface area contributed by atoms with E-state index in [0.29, 0.717) is 6.54 Å². The van der Waals surface area contributed by atoms with E-state index in [4.69, 9.17) is 4.74 Å². The number of carbonyl (C=O) groups excluding carboxylic acids is 1. The molecule has 1 N–H and O–H groups in total. The highest BCUT2D eigenvalue weighted by Crippen LogP contribution is 2.30. The SMILES string of the molecule is COc1cccc(-c2n[nH]c3c2CN(C(C)=O)CC3)c1. The Morgan fingerprint density at radius 2 is 2.30 bits per heavy atom. The maximum Gasteiger partial charge on any atom is 0.219 e. The highest BCUT2D eigenvalue weighted by molar-refractivity contribution is 5.74. The van der Waals surface area contributed by atoms with Crippen LogP contribution in [-0.4, -0.2) is 34.7 Å². The average Bonchev–Trinajstić information content (AvgIpc) is 2.90. The summed E-state index contributed by atoms with van der Waals surface area (Å²) in [6.45, 7) is 2.98. The number of H-pyrrole nitrogens is 1. The molecule has 1 aliphatic heterocycles. The molecule has 2 aromatic rings. The summed E-state index contributed by atoms with van der Waals surface area (Å²) in [5.74, 6) is 0.909. The van der Waals surface area contributed by atoms with E-state index in [1.54, 1.807) is 14.0 Å². The summed E-state index contributed by atoms with van der Waals surface area (Å²) in [6, 6.07) is 7.82. The van der Waals surface area contributed by atoms with Crippen LogP contribution in [0.15, 0.2) is 24.3 Å². The van der Waals surface area contributed by atoms with Crippen molar-refractivity contribution in [3.63, 3.8) is 0 Å². The smallest absolute Gasteiger partial charge is 0.219 e. The Morgan fingerprint density at radius 3 is 3.05 bits per heavy atom. The molecule has 0 unspecified atom stereocenters. The summed E-state index contributed by atoms with van der Waals surface area (Å²) in [5.41, 5.74) is 4.15. The quantitative estimate of drug-likeness (QED) is 0.908. The number of aromatic nitrogens is 2. The summed E-state index contributed by atoms with van der Waals surface area (Å²) in [6.07, 6.45) is 0.825. The Labute approximate surface area is 117 Å². The van der Waals surface area contributed by atoms with Crippen molar-refractivity contribution in [2.75, 3.05) is 13.7 Å². The van der Waals surface area contributed by atoms with Crippen LogP contribution in [0.1, 0.15) is 18.2 Å². The van der Waals surface area contributed by atoms with Crippen molar-refractivity contribution in [3.05, 3.63) is 35.5 Å². The van der Waals surface area contributed by atoms with Crippen LogP contribution >= 0.6 is 0 Å². The number of fused-ring (bicyclic) bond motifs is 1. The van der Waals surface area contributed by atoms with Crippen LogP contribution in [0.25, 0.3) is 11.3 Å². The lowest BCUT2D eigenvalue weighted by molar-refractivity contribution is -0.129. The maximum absolute atomic E-state index is 11.6. The number of benzene rings is 1. The Hall–Kier alpha value is -2.30. The van der Waals surface area contributed by atoms with Gasteiger partial charge in [-0.25, -0.2) is 0 Å². The Balaban J connectivity index is 2.00. The molecule has 104 valence electrons. The van der Waals surface area contributed by atoms with Crippen LogP contribution in [0.3, 0.4) is 0 Å². The molecule has 0 aliphatic carbocycles. The minimum atomic E-state index is 0.105. The first-order valence-corrected chi connectivity index (χ1v) is 6.65. The van der Waals surface area contributed by atoms with E-state index in [1.807, 2.05) is 29.2 Å². The number of methoxy groups -OCH3 is 1. The van der Waals surface area contributed by atoms with Crippen LogP contribution < -0.4 is 4.74 Å². The number of nitrogens with one attached hydrogen (secondary N) is 1. The second-order valence-corrected chi connectivity index (χ2v) is 4.95. The highest BCUT2D eigenvalue weighted by Gasteiger charge is 2.24. The van der Waals surface area contributed by atoms with Gasteiger partial charge >= 0.3 is 0 Å². The van der Waals surface area contributed by atoms with Crippen molar-refractivity contribution in [2.24, 2.45) is 0 Å². The zero-order chi connectivity index (χ0) is 14.1. The fourth-order valence-electron chi connectivity index (χ4n) is 2.57. The molecule has 1 aliphatic rings. The molecule has 1 aromatic heterocycles. The largest absolute Gasteiger partial charge is 0.497 e. The lowest BCUT2D eigenvalue weighted by Gasteiger charge is -2.25. The number of rotatable bonds is 2. The Morgan fingerprint density at radius 1 is 1.45 bits per heavy atom. The number of amides is 1. The molecular formula is C15H17N3O2. The van der Waals surface area contributed by atoms with Gasteiger partial charge < -0.3 is 9.64 Å². The normalized spacial score (nSPS) is 14.0. The Bertz CT molecular complexity index is 648. The van der Waals surface area contributed by atoms with E-state index in [-0.39, 0.29) is 5.91 Å². The van der Waals surface area contributed by atoms with Gasteiger partial charge in [0, 0.05) is 43.3 Å². The molecule has 2 heterocycles. The van der Waals surface area contributed by atoms with Crippen molar-refractivity contribution >= 4 is 5.91 Å². The number of carbonyl (C=O) groups is 1. The van der Waals surface area contributed by atoms with E-state index in [2.05, 4.69) is 10.2 Å². The molecule has 0 fully saturated rings. The third-order valence-electron chi connectivity index (χ3n) is 3.72. The second kappa shape index (κ2) is 5.00. The molecule has 0 atom stereocenters. The third kappa shape index (κ3) is 2.15. The molecule has 1 amide bonds. The molecule has 5 heteroatoms. The van der Waals surface area contributed by atoms with Crippen LogP contribution in [0.2, 0.25) is 0 Å². The van der Waals surface area contributed by atoms with Crippen molar-refractivity contribution in [1.29, 1.82) is 0 Å². The number of nitrogens with zero attached hydrogens (tertiary/aromatic N) is 2. The van der Waals surface area contributed by atoms with Gasteiger partial charge in [-0.05, 0) is 12.1 Å².